The van der Waals surface area contributed by atoms with Gasteiger partial charge in [-0.3, -0.25) is 0 Å². The number of carboxylic acids is 1. The van der Waals surface area contributed by atoms with Crippen LogP contribution < -0.4 is 5.32 Å². The number of amides is 2. The topological polar surface area (TPSA) is 69.6 Å². The van der Waals surface area contributed by atoms with Gasteiger partial charge in [0.1, 0.15) is 5.54 Å². The third kappa shape index (κ3) is 3.54. The SMILES string of the molecule is CCCC(C)(NC(=O)N(C)C1CCSC1)C(=O)O. The molecular weight excluding hydrogens is 252 g/mol. The molecule has 0 aliphatic carbocycles. The summed E-state index contributed by atoms with van der Waals surface area (Å²) in [6, 6.07) is -0.0736. The highest BCUT2D eigenvalue weighted by Gasteiger charge is 2.36. The van der Waals surface area contributed by atoms with Crippen LogP contribution >= 0.6 is 11.8 Å². The van der Waals surface area contributed by atoms with Crippen molar-refractivity contribution in [3.8, 4) is 0 Å². The van der Waals surface area contributed by atoms with Gasteiger partial charge in [-0.15, -0.1) is 0 Å². The van der Waals surface area contributed by atoms with E-state index in [2.05, 4.69) is 5.32 Å². The van der Waals surface area contributed by atoms with Crippen molar-refractivity contribution in [2.45, 2.75) is 44.7 Å². The Bertz CT molecular complexity index is 318. The van der Waals surface area contributed by atoms with E-state index in [-0.39, 0.29) is 12.1 Å². The predicted octanol–water partition coefficient (Wildman–Crippen LogP) is 1.78. The minimum absolute atomic E-state index is 0.217. The number of rotatable bonds is 5. The van der Waals surface area contributed by atoms with Gasteiger partial charge in [-0.25, -0.2) is 9.59 Å². The van der Waals surface area contributed by atoms with E-state index < -0.39 is 11.5 Å². The van der Waals surface area contributed by atoms with Crippen LogP contribution in [0.15, 0.2) is 0 Å². The zero-order valence-corrected chi connectivity index (χ0v) is 12.0. The first kappa shape index (κ1) is 15.1. The highest BCUT2D eigenvalue weighted by atomic mass is 32.2. The number of hydrogen-bond donors (Lipinski definition) is 2. The molecule has 0 aromatic carbocycles. The maximum atomic E-state index is 12.1. The van der Waals surface area contributed by atoms with Gasteiger partial charge in [-0.05, 0) is 25.5 Å². The number of carbonyl (C=O) groups is 2. The number of aliphatic carboxylic acids is 1. The average Bonchev–Trinajstić information content (AvgIpc) is 2.81. The summed E-state index contributed by atoms with van der Waals surface area (Å²) < 4.78 is 0. The normalized spacial score (nSPS) is 22.3. The molecule has 2 amide bonds. The fourth-order valence-electron chi connectivity index (χ4n) is 2.04. The summed E-state index contributed by atoms with van der Waals surface area (Å²) in [7, 11) is 1.74. The maximum absolute atomic E-state index is 12.1. The van der Waals surface area contributed by atoms with Crippen molar-refractivity contribution in [2.75, 3.05) is 18.6 Å². The van der Waals surface area contributed by atoms with E-state index >= 15 is 0 Å². The van der Waals surface area contributed by atoms with Crippen molar-refractivity contribution in [3.05, 3.63) is 0 Å². The van der Waals surface area contributed by atoms with Gasteiger partial charge >= 0.3 is 12.0 Å². The van der Waals surface area contributed by atoms with Gasteiger partial charge in [0, 0.05) is 18.8 Å². The first-order valence-electron chi connectivity index (χ1n) is 6.27. The predicted molar refractivity (Wildman–Crippen MR) is 73.0 cm³/mol. The Labute approximate surface area is 112 Å². The fraction of sp³-hybridized carbons (Fsp3) is 0.833. The van der Waals surface area contributed by atoms with Crippen LogP contribution in [0.5, 0.6) is 0 Å². The van der Waals surface area contributed by atoms with Crippen LogP contribution in [0.3, 0.4) is 0 Å². The van der Waals surface area contributed by atoms with Gasteiger partial charge in [-0.1, -0.05) is 13.3 Å². The van der Waals surface area contributed by atoms with Crippen molar-refractivity contribution in [2.24, 2.45) is 0 Å². The third-order valence-electron chi connectivity index (χ3n) is 3.38. The van der Waals surface area contributed by atoms with Crippen LogP contribution in [-0.4, -0.2) is 52.1 Å². The molecule has 1 heterocycles. The molecule has 1 aliphatic rings. The van der Waals surface area contributed by atoms with Crippen molar-refractivity contribution in [1.29, 1.82) is 0 Å². The van der Waals surface area contributed by atoms with Gasteiger partial charge in [0.05, 0.1) is 0 Å². The van der Waals surface area contributed by atoms with Gasteiger partial charge in [-0.2, -0.15) is 11.8 Å². The van der Waals surface area contributed by atoms with Crippen LogP contribution in [0.1, 0.15) is 33.1 Å². The van der Waals surface area contributed by atoms with Crippen LogP contribution in [0.4, 0.5) is 4.79 Å². The molecule has 2 unspecified atom stereocenters. The van der Waals surface area contributed by atoms with Gasteiger partial charge in [0.25, 0.3) is 0 Å². The van der Waals surface area contributed by atoms with Gasteiger partial charge in [0.2, 0.25) is 0 Å². The molecule has 0 spiro atoms. The second-order valence-corrected chi connectivity index (χ2v) is 6.10. The highest BCUT2D eigenvalue weighted by molar-refractivity contribution is 7.99. The first-order valence-corrected chi connectivity index (χ1v) is 7.42. The van der Waals surface area contributed by atoms with Crippen molar-refractivity contribution >= 4 is 23.8 Å². The molecule has 2 atom stereocenters. The molecule has 2 N–H and O–H groups in total. The van der Waals surface area contributed by atoms with Crippen LogP contribution in [0, 0.1) is 0 Å². The molecule has 0 radical (unpaired) electrons. The molecule has 0 bridgehead atoms. The molecule has 0 aromatic rings. The summed E-state index contributed by atoms with van der Waals surface area (Å²) in [5, 5.41) is 11.9. The molecule has 5 nitrogen and oxygen atoms in total. The fourth-order valence-corrected chi connectivity index (χ4v) is 3.31. The largest absolute Gasteiger partial charge is 0.480 e. The number of carbonyl (C=O) groups excluding carboxylic acids is 1. The zero-order valence-electron chi connectivity index (χ0n) is 11.2. The lowest BCUT2D eigenvalue weighted by atomic mass is 9.96. The minimum atomic E-state index is -1.17. The first-order chi connectivity index (χ1) is 8.40. The Balaban J connectivity index is 2.63. The van der Waals surface area contributed by atoms with Crippen LogP contribution in [0.25, 0.3) is 0 Å². The second-order valence-electron chi connectivity index (χ2n) is 4.95. The molecule has 0 aromatic heterocycles. The number of hydrogen-bond acceptors (Lipinski definition) is 3. The van der Waals surface area contributed by atoms with E-state index in [9.17, 15) is 14.7 Å². The van der Waals surface area contributed by atoms with E-state index in [0.29, 0.717) is 12.8 Å². The summed E-state index contributed by atoms with van der Waals surface area (Å²) in [6.07, 6.45) is 2.12. The van der Waals surface area contributed by atoms with Crippen molar-refractivity contribution < 1.29 is 14.7 Å². The summed E-state index contributed by atoms with van der Waals surface area (Å²) >= 11 is 1.82. The molecular formula is C12H22N2O3S. The van der Waals surface area contributed by atoms with E-state index in [1.54, 1.807) is 18.9 Å². The number of urea groups is 1. The molecule has 104 valence electrons. The standard InChI is InChI=1S/C12H22N2O3S/c1-4-6-12(2,10(15)16)13-11(17)14(3)9-5-7-18-8-9/h9H,4-8H2,1-3H3,(H,13,17)(H,15,16). The summed E-state index contributed by atoms with van der Waals surface area (Å²) in [4.78, 5) is 25.0. The molecule has 0 saturated carbocycles. The molecule has 6 heteroatoms. The van der Waals surface area contributed by atoms with E-state index in [1.807, 2.05) is 18.7 Å². The lowest BCUT2D eigenvalue weighted by Gasteiger charge is -2.31. The van der Waals surface area contributed by atoms with E-state index in [0.717, 1.165) is 17.9 Å². The highest BCUT2D eigenvalue weighted by Crippen LogP contribution is 2.22. The molecule has 1 rings (SSSR count). The Kier molecular flexibility index (Phi) is 5.31. The quantitative estimate of drug-likeness (QED) is 0.801. The molecule has 1 saturated heterocycles. The lowest BCUT2D eigenvalue weighted by Crippen LogP contribution is -2.56. The summed E-state index contributed by atoms with van der Waals surface area (Å²) in [6.45, 7) is 3.47. The third-order valence-corrected chi connectivity index (χ3v) is 4.52. The smallest absolute Gasteiger partial charge is 0.329 e. The van der Waals surface area contributed by atoms with Crippen molar-refractivity contribution in [1.82, 2.24) is 10.2 Å². The Hall–Kier alpha value is -0.910. The maximum Gasteiger partial charge on any atom is 0.329 e. The number of thioether (sulfide) groups is 1. The number of carboxylic acid groups (broad SMARTS) is 1. The molecule has 18 heavy (non-hydrogen) atoms. The number of nitrogens with zero attached hydrogens (tertiary/aromatic N) is 1. The second kappa shape index (κ2) is 6.31. The number of nitrogens with one attached hydrogen (secondary N) is 1. The van der Waals surface area contributed by atoms with Crippen LogP contribution in [-0.2, 0) is 4.79 Å². The minimum Gasteiger partial charge on any atom is -0.480 e. The van der Waals surface area contributed by atoms with E-state index in [4.69, 9.17) is 0 Å². The van der Waals surface area contributed by atoms with E-state index in [1.165, 1.54) is 0 Å². The Morgan fingerprint density at radius 1 is 1.56 bits per heavy atom. The van der Waals surface area contributed by atoms with Crippen LogP contribution in [0.2, 0.25) is 0 Å². The Morgan fingerprint density at radius 2 is 2.22 bits per heavy atom. The summed E-state index contributed by atoms with van der Waals surface area (Å²) in [5.74, 6) is 1.02. The average molecular weight is 274 g/mol. The lowest BCUT2D eigenvalue weighted by molar-refractivity contribution is -0.144. The van der Waals surface area contributed by atoms with Crippen molar-refractivity contribution in [3.63, 3.8) is 0 Å². The summed E-state index contributed by atoms with van der Waals surface area (Å²) in [5.41, 5.74) is -1.17. The zero-order chi connectivity index (χ0) is 13.8. The molecule has 1 aliphatic heterocycles. The Morgan fingerprint density at radius 3 is 2.67 bits per heavy atom. The van der Waals surface area contributed by atoms with Gasteiger partial charge in [0.15, 0.2) is 0 Å². The van der Waals surface area contributed by atoms with Gasteiger partial charge < -0.3 is 15.3 Å². The monoisotopic (exact) mass is 274 g/mol. The molecule has 1 fully saturated rings.